The van der Waals surface area contributed by atoms with Gasteiger partial charge in [-0.3, -0.25) is 0 Å². The molecule has 0 atom stereocenters. The number of hydrogen-bond acceptors (Lipinski definition) is 5. The van der Waals surface area contributed by atoms with Crippen LogP contribution in [0, 0.1) is 0 Å². The Morgan fingerprint density at radius 2 is 2.00 bits per heavy atom. The van der Waals surface area contributed by atoms with Gasteiger partial charge in [0.15, 0.2) is 0 Å². The highest BCUT2D eigenvalue weighted by atomic mass is 32.1. The monoisotopic (exact) mass is 285 g/mol. The minimum atomic E-state index is 0.560. The van der Waals surface area contributed by atoms with E-state index in [0.29, 0.717) is 11.8 Å². The molecule has 5 heteroatoms. The first-order valence-electron chi connectivity index (χ1n) is 6.53. The third-order valence-corrected chi connectivity index (χ3v) is 3.89. The Morgan fingerprint density at radius 1 is 1.15 bits per heavy atom. The second-order valence-electron chi connectivity index (χ2n) is 4.36. The maximum atomic E-state index is 5.35. The second-order valence-corrected chi connectivity index (χ2v) is 5.39. The number of benzene rings is 1. The molecule has 0 N–H and O–H groups in total. The van der Waals surface area contributed by atoms with Crippen molar-refractivity contribution in [3.8, 4) is 11.5 Å². The fraction of sp³-hybridized carbons (Fsp3) is 0.200. The topological polar surface area (TPSA) is 42.2 Å². The zero-order valence-corrected chi connectivity index (χ0v) is 12.0. The van der Waals surface area contributed by atoms with Crippen LogP contribution in [0.4, 0.5) is 5.95 Å². The SMILES string of the molecule is CCN(Cc1cccs1)c1noc(-c2ccccc2)n1. The van der Waals surface area contributed by atoms with Crippen LogP contribution in [-0.4, -0.2) is 16.7 Å². The summed E-state index contributed by atoms with van der Waals surface area (Å²) >= 11 is 1.74. The Labute approximate surface area is 121 Å². The van der Waals surface area contributed by atoms with Crippen LogP contribution in [-0.2, 0) is 6.54 Å². The quantitative estimate of drug-likeness (QED) is 0.714. The Kier molecular flexibility index (Phi) is 3.78. The van der Waals surface area contributed by atoms with Gasteiger partial charge in [0.25, 0.3) is 11.8 Å². The van der Waals surface area contributed by atoms with Gasteiger partial charge in [0.2, 0.25) is 0 Å². The molecule has 1 aromatic carbocycles. The highest BCUT2D eigenvalue weighted by Crippen LogP contribution is 2.21. The van der Waals surface area contributed by atoms with Crippen LogP contribution in [0.3, 0.4) is 0 Å². The van der Waals surface area contributed by atoms with Gasteiger partial charge < -0.3 is 9.42 Å². The molecule has 3 rings (SSSR count). The highest BCUT2D eigenvalue weighted by molar-refractivity contribution is 7.09. The largest absolute Gasteiger partial charge is 0.333 e. The minimum absolute atomic E-state index is 0.560. The summed E-state index contributed by atoms with van der Waals surface area (Å²) < 4.78 is 5.35. The maximum absolute atomic E-state index is 5.35. The maximum Gasteiger partial charge on any atom is 0.266 e. The first-order valence-corrected chi connectivity index (χ1v) is 7.41. The lowest BCUT2D eigenvalue weighted by atomic mass is 10.2. The number of nitrogens with zero attached hydrogens (tertiary/aromatic N) is 3. The van der Waals surface area contributed by atoms with Gasteiger partial charge in [-0.05, 0) is 35.7 Å². The summed E-state index contributed by atoms with van der Waals surface area (Å²) in [5, 5.41) is 6.17. The second kappa shape index (κ2) is 5.88. The van der Waals surface area contributed by atoms with E-state index in [9.17, 15) is 0 Å². The van der Waals surface area contributed by atoms with Crippen LogP contribution in [0.5, 0.6) is 0 Å². The summed E-state index contributed by atoms with van der Waals surface area (Å²) in [6, 6.07) is 14.0. The fourth-order valence-corrected chi connectivity index (χ4v) is 2.68. The Morgan fingerprint density at radius 3 is 2.70 bits per heavy atom. The smallest absolute Gasteiger partial charge is 0.266 e. The molecular formula is C15H15N3OS. The normalized spacial score (nSPS) is 10.7. The summed E-state index contributed by atoms with van der Waals surface area (Å²) in [6.07, 6.45) is 0. The van der Waals surface area contributed by atoms with E-state index in [-0.39, 0.29) is 0 Å². The van der Waals surface area contributed by atoms with Crippen molar-refractivity contribution >= 4 is 17.3 Å². The van der Waals surface area contributed by atoms with E-state index in [1.165, 1.54) is 4.88 Å². The summed E-state index contributed by atoms with van der Waals surface area (Å²) in [6.45, 7) is 3.74. The summed E-state index contributed by atoms with van der Waals surface area (Å²) in [4.78, 5) is 7.87. The van der Waals surface area contributed by atoms with Gasteiger partial charge in [0, 0.05) is 17.0 Å². The fourth-order valence-electron chi connectivity index (χ4n) is 1.96. The molecule has 3 aromatic rings. The van der Waals surface area contributed by atoms with Crippen molar-refractivity contribution in [2.24, 2.45) is 0 Å². The molecule has 0 aliphatic heterocycles. The molecule has 0 fully saturated rings. The van der Waals surface area contributed by atoms with Crippen LogP contribution < -0.4 is 4.90 Å². The van der Waals surface area contributed by atoms with Crippen LogP contribution in [0.15, 0.2) is 52.4 Å². The lowest BCUT2D eigenvalue weighted by Crippen LogP contribution is -2.22. The van der Waals surface area contributed by atoms with Crippen LogP contribution >= 0.6 is 11.3 Å². The highest BCUT2D eigenvalue weighted by Gasteiger charge is 2.14. The molecular weight excluding hydrogens is 270 g/mol. The van der Waals surface area contributed by atoms with Crippen molar-refractivity contribution in [1.82, 2.24) is 10.1 Å². The Bertz CT molecular complexity index is 649. The van der Waals surface area contributed by atoms with Gasteiger partial charge in [-0.2, -0.15) is 4.98 Å². The molecule has 0 saturated carbocycles. The Balaban J connectivity index is 1.81. The van der Waals surface area contributed by atoms with Crippen LogP contribution in [0.2, 0.25) is 0 Å². The van der Waals surface area contributed by atoms with Crippen molar-refractivity contribution in [2.75, 3.05) is 11.4 Å². The average molecular weight is 285 g/mol. The molecule has 0 radical (unpaired) electrons. The Hall–Kier alpha value is -2.14. The molecule has 102 valence electrons. The number of aromatic nitrogens is 2. The van der Waals surface area contributed by atoms with Crippen LogP contribution in [0.25, 0.3) is 11.5 Å². The minimum Gasteiger partial charge on any atom is -0.333 e. The molecule has 0 amide bonds. The van der Waals surface area contributed by atoms with Gasteiger partial charge in [-0.25, -0.2) is 0 Å². The molecule has 0 unspecified atom stereocenters. The van der Waals surface area contributed by atoms with Gasteiger partial charge >= 0.3 is 0 Å². The molecule has 0 bridgehead atoms. The number of thiophene rings is 1. The lowest BCUT2D eigenvalue weighted by molar-refractivity contribution is 0.429. The third-order valence-electron chi connectivity index (χ3n) is 3.03. The molecule has 0 saturated heterocycles. The molecule has 2 heterocycles. The van der Waals surface area contributed by atoms with E-state index in [1.807, 2.05) is 30.3 Å². The van der Waals surface area contributed by atoms with Crippen molar-refractivity contribution in [1.29, 1.82) is 0 Å². The number of hydrogen-bond donors (Lipinski definition) is 0. The molecule has 0 aliphatic carbocycles. The predicted molar refractivity (Wildman–Crippen MR) is 80.8 cm³/mol. The van der Waals surface area contributed by atoms with Crippen LogP contribution in [0.1, 0.15) is 11.8 Å². The molecule has 0 aliphatic rings. The van der Waals surface area contributed by atoms with E-state index < -0.39 is 0 Å². The summed E-state index contributed by atoms with van der Waals surface area (Å²) in [5.41, 5.74) is 0.943. The van der Waals surface area contributed by atoms with E-state index in [0.717, 1.165) is 18.7 Å². The van der Waals surface area contributed by atoms with Crippen molar-refractivity contribution in [3.05, 3.63) is 52.7 Å². The third kappa shape index (κ3) is 2.72. The van der Waals surface area contributed by atoms with Gasteiger partial charge in [0.1, 0.15) is 0 Å². The van der Waals surface area contributed by atoms with Crippen molar-refractivity contribution in [3.63, 3.8) is 0 Å². The molecule has 20 heavy (non-hydrogen) atoms. The van der Waals surface area contributed by atoms with Gasteiger partial charge in [0.05, 0.1) is 6.54 Å². The first-order chi connectivity index (χ1) is 9.86. The number of rotatable bonds is 5. The van der Waals surface area contributed by atoms with Crippen molar-refractivity contribution in [2.45, 2.75) is 13.5 Å². The average Bonchev–Trinajstić information content (AvgIpc) is 3.17. The molecule has 4 nitrogen and oxygen atoms in total. The molecule has 2 aromatic heterocycles. The zero-order chi connectivity index (χ0) is 13.8. The van der Waals surface area contributed by atoms with E-state index >= 15 is 0 Å². The van der Waals surface area contributed by atoms with E-state index in [1.54, 1.807) is 11.3 Å². The summed E-state index contributed by atoms with van der Waals surface area (Å²) in [7, 11) is 0. The standard InChI is InChI=1S/C15H15N3OS/c1-2-18(11-13-9-6-10-20-13)15-16-14(19-17-15)12-7-4-3-5-8-12/h3-10H,2,11H2,1H3. The van der Waals surface area contributed by atoms with Gasteiger partial charge in [-0.15, -0.1) is 11.3 Å². The van der Waals surface area contributed by atoms with E-state index in [2.05, 4.69) is 39.5 Å². The predicted octanol–water partition coefficient (Wildman–Crippen LogP) is 3.82. The number of anilines is 1. The summed E-state index contributed by atoms with van der Waals surface area (Å²) in [5.74, 6) is 1.20. The first kappa shape index (κ1) is 12.9. The van der Waals surface area contributed by atoms with Gasteiger partial charge in [-0.1, -0.05) is 24.3 Å². The lowest BCUT2D eigenvalue weighted by Gasteiger charge is -2.16. The zero-order valence-electron chi connectivity index (χ0n) is 11.2. The molecule has 0 spiro atoms. The van der Waals surface area contributed by atoms with E-state index in [4.69, 9.17) is 4.52 Å². The van der Waals surface area contributed by atoms with Crippen molar-refractivity contribution < 1.29 is 4.52 Å².